The molecule has 0 atom stereocenters. The molecule has 0 radical (unpaired) electrons. The van der Waals surface area contributed by atoms with E-state index in [0.29, 0.717) is 0 Å². The zero-order valence-electron chi connectivity index (χ0n) is 20.3. The Morgan fingerprint density at radius 2 is 0.871 bits per heavy atom. The smallest absolute Gasteiger partial charge is 0.127 e. The van der Waals surface area contributed by atoms with Crippen molar-refractivity contribution in [1.29, 1.82) is 0 Å². The molecule has 0 N–H and O–H groups in total. The van der Waals surface area contributed by atoms with Crippen molar-refractivity contribution >= 4 is 35.4 Å². The second-order valence-corrected chi connectivity index (χ2v) is 24.6. The van der Waals surface area contributed by atoms with Crippen LogP contribution in [0.1, 0.15) is 11.1 Å². The molecule has 2 aromatic carbocycles. The predicted octanol–water partition coefficient (Wildman–Crippen LogP) is 7.46. The maximum Gasteiger partial charge on any atom is 0.135 e. The lowest BCUT2D eigenvalue weighted by molar-refractivity contribution is 1.58. The summed E-state index contributed by atoms with van der Waals surface area (Å²) in [5.74, 6) is 7.48. The summed E-state index contributed by atoms with van der Waals surface area (Å²) in [7, 11) is -5.05. The molecule has 0 saturated carbocycles. The molecule has 0 amide bonds. The molecule has 0 nitrogen and oxygen atoms in total. The van der Waals surface area contributed by atoms with E-state index in [2.05, 4.69) is 136 Å². The van der Waals surface area contributed by atoms with Crippen LogP contribution in [0.25, 0.3) is 11.1 Å². The van der Waals surface area contributed by atoms with E-state index in [9.17, 15) is 0 Å². The topological polar surface area (TPSA) is 0 Å². The lowest BCUT2D eigenvalue weighted by Crippen LogP contribution is -2.30. The zero-order valence-corrected chi connectivity index (χ0v) is 23.3. The maximum atomic E-state index is 3.74. The highest BCUT2D eigenvalue weighted by Gasteiger charge is 2.42. The van der Waals surface area contributed by atoms with Gasteiger partial charge in [-0.05, 0) is 22.3 Å². The fraction of sp³-hybridized carbons (Fsp3) is 0.286. The highest BCUT2D eigenvalue weighted by Crippen LogP contribution is 2.48. The van der Waals surface area contributed by atoms with Crippen LogP contribution in [-0.2, 0) is 0 Å². The summed E-state index contributed by atoms with van der Waals surface area (Å²) >= 11 is 0. The zero-order chi connectivity index (χ0) is 22.9. The van der Waals surface area contributed by atoms with E-state index < -0.39 is 24.2 Å². The van der Waals surface area contributed by atoms with E-state index >= 15 is 0 Å². The Bertz CT molecular complexity index is 1050. The van der Waals surface area contributed by atoms with Crippen LogP contribution in [0, 0.1) is 22.9 Å². The molecule has 1 heterocycles. The van der Waals surface area contributed by atoms with Crippen LogP contribution in [-0.4, -0.2) is 24.2 Å². The van der Waals surface area contributed by atoms with Gasteiger partial charge in [-0.15, -0.1) is 11.1 Å². The molecule has 1 aliphatic rings. The first kappa shape index (κ1) is 23.4. The Morgan fingerprint density at radius 3 is 1.16 bits per heavy atom. The van der Waals surface area contributed by atoms with Gasteiger partial charge in [0, 0.05) is 10.4 Å². The van der Waals surface area contributed by atoms with Crippen LogP contribution in [0.4, 0.5) is 0 Å². The minimum absolute atomic E-state index is 1.26. The standard InChI is InChI=1S/C28H34Si3/c1-29(2,3)21-19-25-27(23-15-11-9-12-16-23)28(24-17-13-10-14-18-24)26(31(25,7)8)20-22-30(4,5)6/h9-18H,1-8H3. The van der Waals surface area contributed by atoms with Gasteiger partial charge in [0.1, 0.15) is 24.2 Å². The second-order valence-electron chi connectivity index (χ2n) is 10.9. The molecule has 0 aromatic heterocycles. The summed E-state index contributed by atoms with van der Waals surface area (Å²) in [6.45, 7) is 18.8. The van der Waals surface area contributed by atoms with Crippen LogP contribution >= 0.6 is 0 Å². The molecule has 0 aliphatic carbocycles. The van der Waals surface area contributed by atoms with E-state index in [1.807, 2.05) is 0 Å². The summed E-state index contributed by atoms with van der Waals surface area (Å²) in [6.07, 6.45) is 0. The summed E-state index contributed by atoms with van der Waals surface area (Å²) in [4.78, 5) is 0. The van der Waals surface area contributed by atoms with Crippen LogP contribution in [0.3, 0.4) is 0 Å². The first-order chi connectivity index (χ1) is 14.4. The third kappa shape index (κ3) is 5.49. The average molecular weight is 455 g/mol. The molecular weight excluding hydrogens is 421 g/mol. The Morgan fingerprint density at radius 1 is 0.548 bits per heavy atom. The third-order valence-electron chi connectivity index (χ3n) is 5.25. The van der Waals surface area contributed by atoms with E-state index in [0.717, 1.165) is 0 Å². The molecule has 0 saturated heterocycles. The van der Waals surface area contributed by atoms with E-state index in [1.54, 1.807) is 0 Å². The van der Waals surface area contributed by atoms with Crippen LogP contribution in [0.2, 0.25) is 52.4 Å². The Balaban J connectivity index is 2.42. The van der Waals surface area contributed by atoms with Crippen LogP contribution in [0.5, 0.6) is 0 Å². The van der Waals surface area contributed by atoms with Crippen LogP contribution < -0.4 is 0 Å². The molecule has 0 unspecified atom stereocenters. The van der Waals surface area contributed by atoms with Crippen molar-refractivity contribution in [2.75, 3.05) is 0 Å². The summed E-state index contributed by atoms with van der Waals surface area (Å²) in [6, 6.07) is 21.6. The van der Waals surface area contributed by atoms with Gasteiger partial charge in [-0.1, -0.05) is 125 Å². The highest BCUT2D eigenvalue weighted by molar-refractivity contribution is 6.97. The molecule has 3 heteroatoms. The van der Waals surface area contributed by atoms with Crippen molar-refractivity contribution in [2.45, 2.75) is 52.4 Å². The first-order valence-electron chi connectivity index (χ1n) is 11.1. The van der Waals surface area contributed by atoms with Gasteiger partial charge < -0.3 is 0 Å². The lowest BCUT2D eigenvalue weighted by Gasteiger charge is -2.20. The fourth-order valence-corrected chi connectivity index (χ4v) is 7.76. The van der Waals surface area contributed by atoms with Gasteiger partial charge in [0.05, 0.1) is 0 Å². The molecule has 0 spiro atoms. The van der Waals surface area contributed by atoms with Gasteiger partial charge in [-0.3, -0.25) is 0 Å². The van der Waals surface area contributed by atoms with E-state index in [4.69, 9.17) is 0 Å². The first-order valence-corrected chi connectivity index (χ1v) is 21.1. The minimum Gasteiger partial charge on any atom is -0.127 e. The highest BCUT2D eigenvalue weighted by atomic mass is 28.3. The Hall–Kier alpha value is -2.31. The van der Waals surface area contributed by atoms with Crippen molar-refractivity contribution in [1.82, 2.24) is 0 Å². The molecule has 3 rings (SSSR count). The lowest BCUT2D eigenvalue weighted by atomic mass is 9.92. The molecule has 31 heavy (non-hydrogen) atoms. The maximum absolute atomic E-state index is 3.74. The molecule has 1 aliphatic heterocycles. The summed E-state index contributed by atoms with van der Waals surface area (Å²) < 4.78 is 0. The van der Waals surface area contributed by atoms with Crippen molar-refractivity contribution in [3.05, 3.63) is 82.2 Å². The van der Waals surface area contributed by atoms with Crippen molar-refractivity contribution in [3.63, 3.8) is 0 Å². The minimum atomic E-state index is -2.03. The Kier molecular flexibility index (Phi) is 6.53. The third-order valence-corrected chi connectivity index (χ3v) is 10.2. The summed E-state index contributed by atoms with van der Waals surface area (Å²) in [5, 5.41) is 2.69. The van der Waals surface area contributed by atoms with Gasteiger partial charge in [-0.25, -0.2) is 0 Å². The van der Waals surface area contributed by atoms with E-state index in [-0.39, 0.29) is 0 Å². The predicted molar refractivity (Wildman–Crippen MR) is 146 cm³/mol. The quantitative estimate of drug-likeness (QED) is 0.326. The number of allylic oxidation sites excluding steroid dienone is 4. The average Bonchev–Trinajstić information content (AvgIpc) is 2.91. The van der Waals surface area contributed by atoms with Crippen molar-refractivity contribution in [2.24, 2.45) is 0 Å². The normalized spacial score (nSPS) is 15.9. The molecule has 158 valence electrons. The molecule has 0 bridgehead atoms. The summed E-state index contributed by atoms with van der Waals surface area (Å²) in [5.41, 5.74) is 12.5. The van der Waals surface area contributed by atoms with Gasteiger partial charge in [0.2, 0.25) is 0 Å². The number of rotatable bonds is 2. The van der Waals surface area contributed by atoms with Crippen molar-refractivity contribution < 1.29 is 0 Å². The number of hydrogen-bond acceptors (Lipinski definition) is 0. The van der Waals surface area contributed by atoms with Crippen LogP contribution in [0.15, 0.2) is 71.1 Å². The molecular formula is C28H34Si3. The van der Waals surface area contributed by atoms with Gasteiger partial charge in [0.15, 0.2) is 0 Å². The van der Waals surface area contributed by atoms with Gasteiger partial charge in [-0.2, -0.15) is 0 Å². The number of hydrogen-bond donors (Lipinski definition) is 0. The van der Waals surface area contributed by atoms with Gasteiger partial charge >= 0.3 is 0 Å². The number of benzene rings is 2. The van der Waals surface area contributed by atoms with Gasteiger partial charge in [0.25, 0.3) is 0 Å². The monoisotopic (exact) mass is 454 g/mol. The molecule has 2 aromatic rings. The second kappa shape index (κ2) is 8.67. The van der Waals surface area contributed by atoms with E-state index in [1.165, 1.54) is 32.7 Å². The fourth-order valence-electron chi connectivity index (χ4n) is 3.72. The Labute approximate surface area is 192 Å². The van der Waals surface area contributed by atoms with Crippen molar-refractivity contribution in [3.8, 4) is 22.9 Å². The molecule has 0 fully saturated rings. The largest absolute Gasteiger partial charge is 0.135 e. The SMILES string of the molecule is C[Si](C)(C)C#CC1=C(c2ccccc2)C(c2ccccc2)=C(C#C[Si](C)(C)C)[Si]1(C)C.